The molecule has 3 heterocycles. The zero-order valence-corrected chi connectivity index (χ0v) is 12.9. The Hall–Kier alpha value is -1.90. The summed E-state index contributed by atoms with van der Waals surface area (Å²) in [7, 11) is -2.18. The molecule has 110 valence electrons. The van der Waals surface area contributed by atoms with E-state index in [0.29, 0.717) is 12.2 Å². The third-order valence-corrected chi connectivity index (χ3v) is 5.73. The maximum Gasteiger partial charge on any atom is 0.262 e. The van der Waals surface area contributed by atoms with Gasteiger partial charge in [-0.15, -0.1) is 0 Å². The molecule has 0 saturated carbocycles. The molecule has 21 heavy (non-hydrogen) atoms. The van der Waals surface area contributed by atoms with Gasteiger partial charge in [0.05, 0.1) is 0 Å². The number of imidazole rings is 1. The Morgan fingerprint density at radius 2 is 2.19 bits per heavy atom. The first kappa shape index (κ1) is 14.1. The normalized spacial score (nSPS) is 12.3. The van der Waals surface area contributed by atoms with Crippen LogP contribution in [0.1, 0.15) is 5.56 Å². The van der Waals surface area contributed by atoms with Crippen LogP contribution in [0.2, 0.25) is 0 Å². The molecule has 2 N–H and O–H groups in total. The van der Waals surface area contributed by atoms with Crippen LogP contribution in [-0.4, -0.2) is 29.2 Å². The summed E-state index contributed by atoms with van der Waals surface area (Å²) in [6.45, 7) is 0.297. The molecule has 0 amide bonds. The molecule has 0 radical (unpaired) electrons. The first-order valence-corrected chi connectivity index (χ1v) is 8.58. The van der Waals surface area contributed by atoms with Gasteiger partial charge in [-0.1, -0.05) is 6.07 Å². The Kier molecular flexibility index (Phi) is 3.44. The number of sulfonamides is 1. The molecule has 0 saturated heterocycles. The molecule has 3 aromatic heterocycles. The number of hydrogen-bond acceptors (Lipinski definition) is 5. The number of thiophene rings is 1. The van der Waals surface area contributed by atoms with Crippen molar-refractivity contribution in [2.24, 2.45) is 0 Å². The summed E-state index contributed by atoms with van der Waals surface area (Å²) in [5, 5.41) is 3.85. The summed E-state index contributed by atoms with van der Waals surface area (Å²) in [5.74, 6) is 0.0124. The Labute approximate surface area is 126 Å². The highest BCUT2D eigenvalue weighted by Crippen LogP contribution is 2.24. The third-order valence-electron chi connectivity index (χ3n) is 3.15. The van der Waals surface area contributed by atoms with Gasteiger partial charge in [0.25, 0.3) is 10.0 Å². The van der Waals surface area contributed by atoms with Crippen LogP contribution in [0, 0.1) is 0 Å². The van der Waals surface area contributed by atoms with Crippen LogP contribution in [0.25, 0.3) is 5.65 Å². The molecule has 3 rings (SSSR count). The molecule has 0 unspecified atom stereocenters. The van der Waals surface area contributed by atoms with Crippen LogP contribution < -0.4 is 5.73 Å². The summed E-state index contributed by atoms with van der Waals surface area (Å²) < 4.78 is 28.3. The maximum atomic E-state index is 12.7. The average molecular weight is 322 g/mol. The molecule has 0 aliphatic heterocycles. The number of nitrogens with two attached hydrogens (primary N) is 1. The highest BCUT2D eigenvalue weighted by Gasteiger charge is 2.28. The van der Waals surface area contributed by atoms with E-state index in [9.17, 15) is 8.42 Å². The van der Waals surface area contributed by atoms with E-state index in [4.69, 9.17) is 5.73 Å². The van der Waals surface area contributed by atoms with Crippen molar-refractivity contribution in [3.05, 3.63) is 46.8 Å². The molecule has 3 aromatic rings. The van der Waals surface area contributed by atoms with E-state index in [-0.39, 0.29) is 10.8 Å². The maximum absolute atomic E-state index is 12.7. The fraction of sp³-hybridized carbons (Fsp3) is 0.154. The smallest absolute Gasteiger partial charge is 0.262 e. The summed E-state index contributed by atoms with van der Waals surface area (Å²) in [6, 6.07) is 7.14. The second-order valence-electron chi connectivity index (χ2n) is 4.62. The zero-order chi connectivity index (χ0) is 15.0. The van der Waals surface area contributed by atoms with Gasteiger partial charge in [0.15, 0.2) is 10.8 Å². The average Bonchev–Trinajstić information content (AvgIpc) is 3.04. The first-order valence-electron chi connectivity index (χ1n) is 6.20. The SMILES string of the molecule is CN(Cc1ccsc1)S(=O)(=O)c1c(N)nc2ccccn12. The van der Waals surface area contributed by atoms with E-state index in [1.54, 1.807) is 24.4 Å². The number of hydrogen-bond donors (Lipinski definition) is 1. The molecule has 0 bridgehead atoms. The molecule has 6 nitrogen and oxygen atoms in total. The van der Waals surface area contributed by atoms with Crippen molar-refractivity contribution < 1.29 is 8.42 Å². The van der Waals surface area contributed by atoms with Gasteiger partial charge < -0.3 is 5.73 Å². The van der Waals surface area contributed by atoms with Gasteiger partial charge in [0.2, 0.25) is 0 Å². The zero-order valence-electron chi connectivity index (χ0n) is 11.3. The fourth-order valence-electron chi connectivity index (χ4n) is 2.12. The minimum atomic E-state index is -3.72. The van der Waals surface area contributed by atoms with Crippen LogP contribution in [0.5, 0.6) is 0 Å². The lowest BCUT2D eigenvalue weighted by Gasteiger charge is -2.16. The van der Waals surface area contributed by atoms with Gasteiger partial charge >= 0.3 is 0 Å². The van der Waals surface area contributed by atoms with E-state index in [1.807, 2.05) is 16.8 Å². The number of anilines is 1. The molecule has 0 fully saturated rings. The van der Waals surface area contributed by atoms with Crippen molar-refractivity contribution in [2.45, 2.75) is 11.6 Å². The lowest BCUT2D eigenvalue weighted by atomic mass is 10.3. The highest BCUT2D eigenvalue weighted by molar-refractivity contribution is 7.89. The summed E-state index contributed by atoms with van der Waals surface area (Å²) in [6.07, 6.45) is 1.64. The van der Waals surface area contributed by atoms with E-state index in [2.05, 4.69) is 4.98 Å². The van der Waals surface area contributed by atoms with E-state index in [1.165, 1.54) is 27.1 Å². The number of rotatable bonds is 4. The fourth-order valence-corrected chi connectivity index (χ4v) is 4.11. The van der Waals surface area contributed by atoms with Gasteiger partial charge in [0.1, 0.15) is 5.65 Å². The molecule has 0 atom stereocenters. The van der Waals surface area contributed by atoms with Gasteiger partial charge in [-0.2, -0.15) is 15.6 Å². The monoisotopic (exact) mass is 322 g/mol. The van der Waals surface area contributed by atoms with Crippen LogP contribution >= 0.6 is 11.3 Å². The minimum absolute atomic E-state index is 0.0100. The Balaban J connectivity index is 2.06. The van der Waals surface area contributed by atoms with Gasteiger partial charge in [-0.05, 0) is 34.5 Å². The third kappa shape index (κ3) is 2.41. The number of nitrogen functional groups attached to an aromatic ring is 1. The van der Waals surface area contributed by atoms with E-state index < -0.39 is 10.0 Å². The molecule has 0 spiro atoms. The molecule has 0 aliphatic rings. The standard InChI is InChI=1S/C13H14N4O2S2/c1-16(8-10-5-7-20-9-10)21(18,19)13-12(14)15-11-4-2-3-6-17(11)13/h2-7,9H,8,14H2,1H3. The lowest BCUT2D eigenvalue weighted by Crippen LogP contribution is -2.28. The largest absolute Gasteiger partial charge is 0.381 e. The lowest BCUT2D eigenvalue weighted by molar-refractivity contribution is 0.464. The predicted molar refractivity (Wildman–Crippen MR) is 82.6 cm³/mol. The Morgan fingerprint density at radius 1 is 1.38 bits per heavy atom. The van der Waals surface area contributed by atoms with E-state index >= 15 is 0 Å². The van der Waals surface area contributed by atoms with Gasteiger partial charge in [-0.25, -0.2) is 13.4 Å². The summed E-state index contributed by atoms with van der Waals surface area (Å²) in [4.78, 5) is 4.10. The second-order valence-corrected chi connectivity index (χ2v) is 7.36. The van der Waals surface area contributed by atoms with Crippen molar-refractivity contribution in [1.29, 1.82) is 0 Å². The molecular weight excluding hydrogens is 308 g/mol. The topological polar surface area (TPSA) is 80.7 Å². The highest BCUT2D eigenvalue weighted by atomic mass is 32.2. The number of pyridine rings is 1. The van der Waals surface area contributed by atoms with E-state index in [0.717, 1.165) is 5.56 Å². The predicted octanol–water partition coefficient (Wildman–Crippen LogP) is 1.80. The molecule has 0 aromatic carbocycles. The quantitative estimate of drug-likeness (QED) is 0.794. The second kappa shape index (κ2) is 5.14. The summed E-state index contributed by atoms with van der Waals surface area (Å²) in [5.41, 5.74) is 7.27. The van der Waals surface area contributed by atoms with Crippen LogP contribution in [0.3, 0.4) is 0 Å². The van der Waals surface area contributed by atoms with Crippen molar-refractivity contribution >= 4 is 32.8 Å². The number of fused-ring (bicyclic) bond motifs is 1. The van der Waals surface area contributed by atoms with Crippen LogP contribution in [0.4, 0.5) is 5.82 Å². The van der Waals surface area contributed by atoms with Gasteiger partial charge in [-0.3, -0.25) is 4.40 Å². The van der Waals surface area contributed by atoms with Crippen molar-refractivity contribution in [3.63, 3.8) is 0 Å². The minimum Gasteiger partial charge on any atom is -0.381 e. The number of nitrogens with zero attached hydrogens (tertiary/aromatic N) is 3. The van der Waals surface area contributed by atoms with Crippen molar-refractivity contribution in [1.82, 2.24) is 13.7 Å². The van der Waals surface area contributed by atoms with Gasteiger partial charge in [0, 0.05) is 19.8 Å². The molecule has 8 heteroatoms. The molecular formula is C13H14N4O2S2. The van der Waals surface area contributed by atoms with Crippen molar-refractivity contribution in [2.75, 3.05) is 12.8 Å². The first-order chi connectivity index (χ1) is 10.00. The number of aromatic nitrogens is 2. The van der Waals surface area contributed by atoms with Crippen LogP contribution in [0.15, 0.2) is 46.2 Å². The Morgan fingerprint density at radius 3 is 2.90 bits per heavy atom. The van der Waals surface area contributed by atoms with Crippen molar-refractivity contribution in [3.8, 4) is 0 Å². The Bertz CT molecular complexity index is 869. The van der Waals surface area contributed by atoms with Crippen LogP contribution in [-0.2, 0) is 16.6 Å². The molecule has 0 aliphatic carbocycles. The summed E-state index contributed by atoms with van der Waals surface area (Å²) >= 11 is 1.53.